The van der Waals surface area contributed by atoms with E-state index in [2.05, 4.69) is 5.32 Å². The van der Waals surface area contributed by atoms with Gasteiger partial charge in [-0.1, -0.05) is 97.4 Å². The fourth-order valence-electron chi connectivity index (χ4n) is 4.63. The molecule has 4 aromatic carbocycles. The standard InChI is InChI=1S/C34H36ClN3O4S/c1-3-26(2)36-34(40)32(23-27-13-7-4-8-14-27)37(24-28-15-9-5-10-16-28)33(39)25-38(30-21-19-29(35)20-22-30)43(41,42)31-17-11-6-12-18-31/h4-22,26,32H,3,23-25H2,1-2H3,(H,36,40)/t26-,32+/m0/s1. The minimum Gasteiger partial charge on any atom is -0.352 e. The van der Waals surface area contributed by atoms with E-state index in [1.54, 1.807) is 42.5 Å². The van der Waals surface area contributed by atoms with Crippen LogP contribution in [0.2, 0.25) is 5.02 Å². The second kappa shape index (κ2) is 14.8. The molecule has 4 rings (SSSR count). The molecule has 0 fully saturated rings. The molecule has 1 N–H and O–H groups in total. The molecule has 224 valence electrons. The number of hydrogen-bond donors (Lipinski definition) is 1. The maximum atomic E-state index is 14.4. The molecular weight excluding hydrogens is 582 g/mol. The van der Waals surface area contributed by atoms with Crippen LogP contribution in [0.25, 0.3) is 0 Å². The van der Waals surface area contributed by atoms with Crippen molar-refractivity contribution in [3.05, 3.63) is 131 Å². The number of sulfonamides is 1. The second-order valence-electron chi connectivity index (χ2n) is 10.3. The van der Waals surface area contributed by atoms with Gasteiger partial charge in [-0.2, -0.15) is 0 Å². The average molecular weight is 618 g/mol. The molecule has 4 aromatic rings. The molecule has 2 amide bonds. The van der Waals surface area contributed by atoms with Crippen LogP contribution in [0.1, 0.15) is 31.4 Å². The van der Waals surface area contributed by atoms with Crippen molar-refractivity contribution < 1.29 is 18.0 Å². The number of benzene rings is 4. The normalized spacial score (nSPS) is 12.6. The number of nitrogens with one attached hydrogen (secondary N) is 1. The molecule has 0 aliphatic heterocycles. The molecule has 0 aliphatic carbocycles. The summed E-state index contributed by atoms with van der Waals surface area (Å²) in [6.45, 7) is 3.48. The van der Waals surface area contributed by atoms with Gasteiger partial charge in [-0.3, -0.25) is 13.9 Å². The highest BCUT2D eigenvalue weighted by atomic mass is 35.5. The van der Waals surface area contributed by atoms with Gasteiger partial charge in [-0.15, -0.1) is 0 Å². The number of nitrogens with zero attached hydrogens (tertiary/aromatic N) is 2. The Hall–Kier alpha value is -4.14. The van der Waals surface area contributed by atoms with E-state index >= 15 is 0 Å². The van der Waals surface area contributed by atoms with Gasteiger partial charge in [0.2, 0.25) is 11.8 Å². The molecule has 7 nitrogen and oxygen atoms in total. The Balaban J connectivity index is 1.78. The number of hydrogen-bond acceptors (Lipinski definition) is 4. The Morgan fingerprint density at radius 3 is 1.88 bits per heavy atom. The summed E-state index contributed by atoms with van der Waals surface area (Å²) in [7, 11) is -4.15. The topological polar surface area (TPSA) is 86.8 Å². The van der Waals surface area contributed by atoms with Crippen molar-refractivity contribution in [2.75, 3.05) is 10.8 Å². The third-order valence-corrected chi connectivity index (χ3v) is 9.23. The first-order chi connectivity index (χ1) is 20.7. The molecule has 0 saturated heterocycles. The molecule has 2 atom stereocenters. The van der Waals surface area contributed by atoms with E-state index in [1.807, 2.05) is 74.5 Å². The van der Waals surface area contributed by atoms with Crippen LogP contribution in [0, 0.1) is 0 Å². The maximum Gasteiger partial charge on any atom is 0.264 e. The van der Waals surface area contributed by atoms with Crippen molar-refractivity contribution in [3.8, 4) is 0 Å². The first-order valence-corrected chi connectivity index (χ1v) is 16.0. The summed E-state index contributed by atoms with van der Waals surface area (Å²) in [4.78, 5) is 29.7. The van der Waals surface area contributed by atoms with E-state index in [-0.39, 0.29) is 35.5 Å². The lowest BCUT2D eigenvalue weighted by Gasteiger charge is -2.34. The van der Waals surface area contributed by atoms with Crippen molar-refractivity contribution in [1.82, 2.24) is 10.2 Å². The smallest absolute Gasteiger partial charge is 0.264 e. The maximum absolute atomic E-state index is 14.4. The summed E-state index contributed by atoms with van der Waals surface area (Å²) in [6, 6.07) is 32.1. The average Bonchev–Trinajstić information content (AvgIpc) is 3.03. The fourth-order valence-corrected chi connectivity index (χ4v) is 6.19. The fraction of sp³-hybridized carbons (Fsp3) is 0.235. The van der Waals surface area contributed by atoms with Crippen molar-refractivity contribution in [3.63, 3.8) is 0 Å². The lowest BCUT2D eigenvalue weighted by molar-refractivity contribution is -0.140. The molecule has 9 heteroatoms. The van der Waals surface area contributed by atoms with Crippen LogP contribution in [0.3, 0.4) is 0 Å². The largest absolute Gasteiger partial charge is 0.352 e. The number of rotatable bonds is 13. The molecule has 0 unspecified atom stereocenters. The summed E-state index contributed by atoms with van der Waals surface area (Å²) in [5, 5.41) is 3.47. The van der Waals surface area contributed by atoms with Gasteiger partial charge in [0.1, 0.15) is 12.6 Å². The number of amides is 2. The lowest BCUT2D eigenvalue weighted by Crippen LogP contribution is -2.54. The van der Waals surface area contributed by atoms with E-state index in [1.165, 1.54) is 17.0 Å². The number of halogens is 1. The van der Waals surface area contributed by atoms with Gasteiger partial charge in [0.05, 0.1) is 10.6 Å². The van der Waals surface area contributed by atoms with E-state index in [9.17, 15) is 18.0 Å². The number of carbonyl (C=O) groups is 2. The number of carbonyl (C=O) groups excluding carboxylic acids is 2. The molecule has 0 aromatic heterocycles. The van der Waals surface area contributed by atoms with Crippen molar-refractivity contribution >= 4 is 39.1 Å². The Labute approximate surface area is 259 Å². The van der Waals surface area contributed by atoms with Crippen molar-refractivity contribution in [2.45, 2.75) is 50.2 Å². The van der Waals surface area contributed by atoms with Gasteiger partial charge in [-0.05, 0) is 60.9 Å². The SMILES string of the molecule is CC[C@H](C)NC(=O)[C@@H](Cc1ccccc1)N(Cc1ccccc1)C(=O)CN(c1ccc(Cl)cc1)S(=O)(=O)c1ccccc1. The van der Waals surface area contributed by atoms with Crippen LogP contribution in [0.5, 0.6) is 0 Å². The molecule has 0 heterocycles. The summed E-state index contributed by atoms with van der Waals surface area (Å²) >= 11 is 6.11. The van der Waals surface area contributed by atoms with E-state index in [0.29, 0.717) is 5.02 Å². The van der Waals surface area contributed by atoms with Crippen molar-refractivity contribution in [1.29, 1.82) is 0 Å². The third-order valence-electron chi connectivity index (χ3n) is 7.19. The molecule has 0 bridgehead atoms. The van der Waals surface area contributed by atoms with Crippen molar-refractivity contribution in [2.24, 2.45) is 0 Å². The van der Waals surface area contributed by atoms with Gasteiger partial charge in [0.15, 0.2) is 0 Å². The summed E-state index contributed by atoms with van der Waals surface area (Å²) in [6.07, 6.45) is 0.976. The van der Waals surface area contributed by atoms with Crippen LogP contribution in [0.4, 0.5) is 5.69 Å². The highest BCUT2D eigenvalue weighted by molar-refractivity contribution is 7.92. The minimum atomic E-state index is -4.15. The highest BCUT2D eigenvalue weighted by Crippen LogP contribution is 2.26. The summed E-state index contributed by atoms with van der Waals surface area (Å²) in [5.74, 6) is -0.815. The molecule has 0 saturated carbocycles. The van der Waals surface area contributed by atoms with Gasteiger partial charge in [-0.25, -0.2) is 8.42 Å². The van der Waals surface area contributed by atoms with Gasteiger partial charge >= 0.3 is 0 Å². The Bertz CT molecular complexity index is 1590. The summed E-state index contributed by atoms with van der Waals surface area (Å²) < 4.78 is 29.0. The van der Waals surface area contributed by atoms with E-state index in [4.69, 9.17) is 11.6 Å². The quantitative estimate of drug-likeness (QED) is 0.197. The summed E-state index contributed by atoms with van der Waals surface area (Å²) in [5.41, 5.74) is 1.98. The molecule has 0 aliphatic rings. The minimum absolute atomic E-state index is 0.0442. The van der Waals surface area contributed by atoms with E-state index < -0.39 is 28.5 Å². The molecule has 0 radical (unpaired) electrons. The first kappa shape index (κ1) is 31.8. The predicted octanol–water partition coefficient (Wildman–Crippen LogP) is 6.09. The predicted molar refractivity (Wildman–Crippen MR) is 171 cm³/mol. The van der Waals surface area contributed by atoms with Crippen LogP contribution in [0.15, 0.2) is 120 Å². The molecule has 43 heavy (non-hydrogen) atoms. The van der Waals surface area contributed by atoms with Crippen LogP contribution < -0.4 is 9.62 Å². The molecular formula is C34H36ClN3O4S. The number of anilines is 1. The monoisotopic (exact) mass is 617 g/mol. The Kier molecular flexibility index (Phi) is 11.0. The van der Waals surface area contributed by atoms with Crippen LogP contribution in [-0.4, -0.2) is 43.8 Å². The van der Waals surface area contributed by atoms with Gasteiger partial charge < -0.3 is 10.2 Å². The lowest BCUT2D eigenvalue weighted by atomic mass is 10.0. The van der Waals surface area contributed by atoms with Gasteiger partial charge in [0, 0.05) is 24.0 Å². The first-order valence-electron chi connectivity index (χ1n) is 14.2. The zero-order valence-electron chi connectivity index (χ0n) is 24.3. The van der Waals surface area contributed by atoms with E-state index in [0.717, 1.165) is 21.9 Å². The van der Waals surface area contributed by atoms with Crippen LogP contribution >= 0.6 is 11.6 Å². The second-order valence-corrected chi connectivity index (χ2v) is 12.6. The zero-order chi connectivity index (χ0) is 30.8. The van der Waals surface area contributed by atoms with Gasteiger partial charge in [0.25, 0.3) is 10.0 Å². The van der Waals surface area contributed by atoms with Crippen LogP contribution in [-0.2, 0) is 32.6 Å². The third kappa shape index (κ3) is 8.46. The Morgan fingerprint density at radius 1 is 0.791 bits per heavy atom. The highest BCUT2D eigenvalue weighted by Gasteiger charge is 2.34. The molecule has 0 spiro atoms. The zero-order valence-corrected chi connectivity index (χ0v) is 25.8. The Morgan fingerprint density at radius 2 is 1.33 bits per heavy atom.